The minimum absolute atomic E-state index is 0.711. The van der Waals surface area contributed by atoms with E-state index in [0.717, 1.165) is 33.3 Å². The Bertz CT molecular complexity index is 599. The van der Waals surface area contributed by atoms with Crippen molar-refractivity contribution in [2.45, 2.75) is 13.5 Å². The minimum Gasteiger partial charge on any atom is -0.493 e. The highest BCUT2D eigenvalue weighted by Gasteiger charge is 2.05. The Balaban J connectivity index is 2.10. The molecular weight excluding hydrogens is 274 g/mol. The molecule has 0 aliphatic rings. The van der Waals surface area contributed by atoms with Crippen LogP contribution in [-0.4, -0.2) is 14.2 Å². The van der Waals surface area contributed by atoms with Crippen molar-refractivity contribution in [1.29, 1.82) is 0 Å². The summed E-state index contributed by atoms with van der Waals surface area (Å²) < 4.78 is 10.5. The third-order valence-corrected chi connectivity index (χ3v) is 3.35. The summed E-state index contributed by atoms with van der Waals surface area (Å²) in [4.78, 5) is 0. The normalized spacial score (nSPS) is 10.2. The zero-order valence-electron chi connectivity index (χ0n) is 11.9. The highest BCUT2D eigenvalue weighted by atomic mass is 35.5. The van der Waals surface area contributed by atoms with Crippen LogP contribution in [0.15, 0.2) is 36.4 Å². The number of methoxy groups -OCH3 is 2. The van der Waals surface area contributed by atoms with Crippen LogP contribution in [-0.2, 0) is 6.54 Å². The predicted molar refractivity (Wildman–Crippen MR) is 83.1 cm³/mol. The average molecular weight is 292 g/mol. The summed E-state index contributed by atoms with van der Waals surface area (Å²) >= 11 is 5.95. The standard InChI is InChI=1S/C16H18ClNO2/c1-11-8-13(17)5-6-14(11)18-10-12-4-7-15(19-2)16(9-12)20-3/h4-9,18H,10H2,1-3H3. The summed E-state index contributed by atoms with van der Waals surface area (Å²) in [7, 11) is 3.27. The van der Waals surface area contributed by atoms with Crippen LogP contribution in [0.25, 0.3) is 0 Å². The second-order valence-electron chi connectivity index (χ2n) is 4.50. The monoisotopic (exact) mass is 291 g/mol. The van der Waals surface area contributed by atoms with Crippen LogP contribution in [0.2, 0.25) is 5.02 Å². The number of hydrogen-bond donors (Lipinski definition) is 1. The molecular formula is C16H18ClNO2. The van der Waals surface area contributed by atoms with E-state index in [4.69, 9.17) is 21.1 Å². The SMILES string of the molecule is COc1ccc(CNc2ccc(Cl)cc2C)cc1OC. The number of nitrogens with one attached hydrogen (secondary N) is 1. The van der Waals surface area contributed by atoms with Crippen LogP contribution in [0.4, 0.5) is 5.69 Å². The van der Waals surface area contributed by atoms with Gasteiger partial charge in [-0.3, -0.25) is 0 Å². The molecule has 2 aromatic rings. The first kappa shape index (κ1) is 14.5. The van der Waals surface area contributed by atoms with Gasteiger partial charge in [-0.05, 0) is 48.4 Å². The highest BCUT2D eigenvalue weighted by molar-refractivity contribution is 6.30. The van der Waals surface area contributed by atoms with Crippen LogP contribution in [0, 0.1) is 6.92 Å². The summed E-state index contributed by atoms with van der Waals surface area (Å²) in [5.41, 5.74) is 3.32. The molecule has 0 saturated carbocycles. The number of aryl methyl sites for hydroxylation is 1. The maximum absolute atomic E-state index is 5.95. The van der Waals surface area contributed by atoms with Gasteiger partial charge in [-0.15, -0.1) is 0 Å². The van der Waals surface area contributed by atoms with E-state index < -0.39 is 0 Å². The van der Waals surface area contributed by atoms with Gasteiger partial charge in [-0.25, -0.2) is 0 Å². The number of benzene rings is 2. The van der Waals surface area contributed by atoms with Gasteiger partial charge in [0.05, 0.1) is 14.2 Å². The molecule has 20 heavy (non-hydrogen) atoms. The molecule has 0 spiro atoms. The van der Waals surface area contributed by atoms with Gasteiger partial charge in [0.2, 0.25) is 0 Å². The summed E-state index contributed by atoms with van der Waals surface area (Å²) in [5.74, 6) is 1.47. The third-order valence-electron chi connectivity index (χ3n) is 3.12. The molecule has 0 fully saturated rings. The van der Waals surface area contributed by atoms with Gasteiger partial charge in [-0.2, -0.15) is 0 Å². The Morgan fingerprint density at radius 1 is 1.00 bits per heavy atom. The molecule has 0 bridgehead atoms. The molecule has 0 aliphatic heterocycles. The first-order valence-electron chi connectivity index (χ1n) is 6.35. The molecule has 0 heterocycles. The fourth-order valence-electron chi connectivity index (χ4n) is 2.01. The van der Waals surface area contributed by atoms with E-state index in [1.165, 1.54) is 0 Å². The quantitative estimate of drug-likeness (QED) is 0.892. The van der Waals surface area contributed by atoms with Crippen molar-refractivity contribution in [2.24, 2.45) is 0 Å². The maximum Gasteiger partial charge on any atom is 0.161 e. The molecule has 2 rings (SSSR count). The lowest BCUT2D eigenvalue weighted by Gasteiger charge is -2.12. The van der Waals surface area contributed by atoms with E-state index >= 15 is 0 Å². The molecule has 106 valence electrons. The first-order chi connectivity index (χ1) is 9.63. The van der Waals surface area contributed by atoms with Crippen LogP contribution in [0.1, 0.15) is 11.1 Å². The van der Waals surface area contributed by atoms with E-state index in [1.54, 1.807) is 14.2 Å². The first-order valence-corrected chi connectivity index (χ1v) is 6.72. The predicted octanol–water partition coefficient (Wildman–Crippen LogP) is 4.28. The van der Waals surface area contributed by atoms with Crippen LogP contribution in [0.3, 0.4) is 0 Å². The molecule has 0 aromatic heterocycles. The van der Waals surface area contributed by atoms with E-state index in [-0.39, 0.29) is 0 Å². The molecule has 2 aromatic carbocycles. The van der Waals surface area contributed by atoms with Crippen molar-refractivity contribution in [3.63, 3.8) is 0 Å². The van der Waals surface area contributed by atoms with Crippen molar-refractivity contribution in [1.82, 2.24) is 0 Å². The highest BCUT2D eigenvalue weighted by Crippen LogP contribution is 2.28. The Morgan fingerprint density at radius 3 is 2.40 bits per heavy atom. The van der Waals surface area contributed by atoms with E-state index in [9.17, 15) is 0 Å². The molecule has 0 unspecified atom stereocenters. The van der Waals surface area contributed by atoms with E-state index in [0.29, 0.717) is 6.54 Å². The van der Waals surface area contributed by atoms with Gasteiger partial charge < -0.3 is 14.8 Å². The molecule has 1 N–H and O–H groups in total. The van der Waals surface area contributed by atoms with Gasteiger partial charge in [0, 0.05) is 17.3 Å². The third kappa shape index (κ3) is 3.36. The van der Waals surface area contributed by atoms with Gasteiger partial charge in [0.1, 0.15) is 0 Å². The zero-order valence-corrected chi connectivity index (χ0v) is 12.6. The Hall–Kier alpha value is -1.87. The maximum atomic E-state index is 5.95. The van der Waals surface area contributed by atoms with Crippen molar-refractivity contribution in [2.75, 3.05) is 19.5 Å². The van der Waals surface area contributed by atoms with E-state index in [2.05, 4.69) is 5.32 Å². The van der Waals surface area contributed by atoms with E-state index in [1.807, 2.05) is 43.3 Å². The molecule has 4 heteroatoms. The molecule has 0 amide bonds. The summed E-state index contributed by atoms with van der Waals surface area (Å²) in [6, 6.07) is 11.7. The second kappa shape index (κ2) is 6.53. The second-order valence-corrected chi connectivity index (χ2v) is 4.94. The average Bonchev–Trinajstić information content (AvgIpc) is 2.46. The number of rotatable bonds is 5. The van der Waals surface area contributed by atoms with Crippen LogP contribution in [0.5, 0.6) is 11.5 Å². The molecule has 0 atom stereocenters. The van der Waals surface area contributed by atoms with Gasteiger partial charge >= 0.3 is 0 Å². The zero-order chi connectivity index (χ0) is 14.5. The van der Waals surface area contributed by atoms with Crippen LogP contribution < -0.4 is 14.8 Å². The largest absolute Gasteiger partial charge is 0.493 e. The number of ether oxygens (including phenoxy) is 2. The summed E-state index contributed by atoms with van der Waals surface area (Å²) in [5, 5.41) is 4.14. The fourth-order valence-corrected chi connectivity index (χ4v) is 2.24. The van der Waals surface area contributed by atoms with Crippen LogP contribution >= 0.6 is 11.6 Å². The van der Waals surface area contributed by atoms with Crippen molar-refractivity contribution in [3.05, 3.63) is 52.5 Å². The molecule has 0 aliphatic carbocycles. The lowest BCUT2D eigenvalue weighted by molar-refractivity contribution is 0.354. The lowest BCUT2D eigenvalue weighted by atomic mass is 10.1. The van der Waals surface area contributed by atoms with Gasteiger partial charge in [-0.1, -0.05) is 17.7 Å². The van der Waals surface area contributed by atoms with Crippen molar-refractivity contribution in [3.8, 4) is 11.5 Å². The van der Waals surface area contributed by atoms with Crippen molar-refractivity contribution >= 4 is 17.3 Å². The topological polar surface area (TPSA) is 30.5 Å². The van der Waals surface area contributed by atoms with Gasteiger partial charge in [0.25, 0.3) is 0 Å². The fraction of sp³-hybridized carbons (Fsp3) is 0.250. The summed E-state index contributed by atoms with van der Waals surface area (Å²) in [6.45, 7) is 2.74. The smallest absolute Gasteiger partial charge is 0.161 e. The Morgan fingerprint density at radius 2 is 1.75 bits per heavy atom. The lowest BCUT2D eigenvalue weighted by Crippen LogP contribution is -2.01. The minimum atomic E-state index is 0.711. The number of halogens is 1. The molecule has 0 radical (unpaired) electrons. The Labute approximate surface area is 124 Å². The molecule has 0 saturated heterocycles. The van der Waals surface area contributed by atoms with Gasteiger partial charge in [0.15, 0.2) is 11.5 Å². The molecule has 3 nitrogen and oxygen atoms in total. The number of anilines is 1. The summed E-state index contributed by atoms with van der Waals surface area (Å²) in [6.07, 6.45) is 0. The Kier molecular flexibility index (Phi) is 4.74. The number of hydrogen-bond acceptors (Lipinski definition) is 3. The van der Waals surface area contributed by atoms with Crippen molar-refractivity contribution < 1.29 is 9.47 Å².